The number of fused-ring (bicyclic) bond motifs is 1. The van der Waals surface area contributed by atoms with E-state index in [1.165, 1.54) is 18.2 Å². The Morgan fingerprint density at radius 2 is 1.64 bits per heavy atom. The van der Waals surface area contributed by atoms with E-state index in [2.05, 4.69) is 4.99 Å². The van der Waals surface area contributed by atoms with E-state index in [0.29, 0.717) is 27.6 Å². The molecule has 174 valence electrons. The predicted molar refractivity (Wildman–Crippen MR) is 124 cm³/mol. The van der Waals surface area contributed by atoms with Crippen molar-refractivity contribution in [3.05, 3.63) is 81.3 Å². The molecule has 10 heteroatoms. The molecule has 1 N–H and O–H groups in total. The van der Waals surface area contributed by atoms with Gasteiger partial charge in [0.05, 0.1) is 12.3 Å². The highest BCUT2D eigenvalue weighted by molar-refractivity contribution is 7.85. The summed E-state index contributed by atoms with van der Waals surface area (Å²) < 4.78 is 74.7. The van der Waals surface area contributed by atoms with Crippen molar-refractivity contribution in [2.24, 2.45) is 4.99 Å². The van der Waals surface area contributed by atoms with Crippen molar-refractivity contribution in [1.82, 2.24) is 0 Å². The number of benzene rings is 3. The molecule has 3 aromatic carbocycles. The second kappa shape index (κ2) is 8.58. The summed E-state index contributed by atoms with van der Waals surface area (Å²) >= 11 is 12.0. The van der Waals surface area contributed by atoms with Crippen LogP contribution in [0.5, 0.6) is 0 Å². The maximum Gasteiger partial charge on any atom is 0.400 e. The van der Waals surface area contributed by atoms with Gasteiger partial charge in [-0.1, -0.05) is 59.6 Å². The van der Waals surface area contributed by atoms with Crippen molar-refractivity contribution >= 4 is 49.8 Å². The van der Waals surface area contributed by atoms with Crippen molar-refractivity contribution in [3.8, 4) is 0 Å². The smallest absolute Gasteiger partial charge is 0.288 e. The third-order valence-corrected chi connectivity index (χ3v) is 7.08. The van der Waals surface area contributed by atoms with E-state index in [-0.39, 0.29) is 28.5 Å². The molecule has 0 saturated carbocycles. The molecule has 0 aromatic heterocycles. The molecule has 3 aromatic rings. The number of halogens is 5. The Labute approximate surface area is 198 Å². The Morgan fingerprint density at radius 1 is 1.00 bits per heavy atom. The summed E-state index contributed by atoms with van der Waals surface area (Å²) in [5.74, 6) is -0.454. The van der Waals surface area contributed by atoms with Gasteiger partial charge in [-0.15, -0.1) is 0 Å². The van der Waals surface area contributed by atoms with Crippen LogP contribution in [0.25, 0.3) is 10.8 Å². The first-order chi connectivity index (χ1) is 15.4. The van der Waals surface area contributed by atoms with Gasteiger partial charge < -0.3 is 0 Å². The molecule has 0 bridgehead atoms. The van der Waals surface area contributed by atoms with Crippen molar-refractivity contribution in [2.45, 2.75) is 24.4 Å². The van der Waals surface area contributed by atoms with Gasteiger partial charge in [0.2, 0.25) is 0 Å². The molecule has 4 nitrogen and oxygen atoms in total. The largest absolute Gasteiger partial charge is 0.400 e. The van der Waals surface area contributed by atoms with Crippen LogP contribution in [0.1, 0.15) is 23.1 Å². The zero-order valence-corrected chi connectivity index (χ0v) is 19.4. The van der Waals surface area contributed by atoms with Crippen LogP contribution in [0.15, 0.2) is 59.6 Å². The third kappa shape index (κ3) is 4.75. The fourth-order valence-electron chi connectivity index (χ4n) is 4.26. The first-order valence-corrected chi connectivity index (χ1v) is 12.3. The van der Waals surface area contributed by atoms with Gasteiger partial charge in [0, 0.05) is 27.7 Å². The fraction of sp³-hybridized carbons (Fsp3) is 0.261. The highest BCUT2D eigenvalue weighted by Gasteiger charge is 2.58. The molecule has 0 radical (unpaired) electrons. The van der Waals surface area contributed by atoms with Gasteiger partial charge in [-0.05, 0) is 46.5 Å². The number of hydrogen-bond donors (Lipinski definition) is 1. The number of aliphatic imine (C=N–C) groups is 1. The van der Waals surface area contributed by atoms with Crippen molar-refractivity contribution in [3.63, 3.8) is 0 Å². The topological polar surface area (TPSA) is 66.7 Å². The van der Waals surface area contributed by atoms with Gasteiger partial charge in [-0.3, -0.25) is 9.55 Å². The van der Waals surface area contributed by atoms with Gasteiger partial charge in [0.25, 0.3) is 10.1 Å². The lowest BCUT2D eigenvalue weighted by Crippen LogP contribution is -2.43. The summed E-state index contributed by atoms with van der Waals surface area (Å²) in [6, 6.07) is 14.3. The van der Waals surface area contributed by atoms with Gasteiger partial charge in [-0.2, -0.15) is 21.6 Å². The minimum atomic E-state index is -4.60. The molecule has 1 heterocycles. The first-order valence-electron chi connectivity index (χ1n) is 9.92. The van der Waals surface area contributed by atoms with Crippen LogP contribution in [0, 0.1) is 0 Å². The van der Waals surface area contributed by atoms with Crippen molar-refractivity contribution in [1.29, 1.82) is 0 Å². The maximum absolute atomic E-state index is 14.4. The van der Waals surface area contributed by atoms with Crippen LogP contribution < -0.4 is 0 Å². The molecule has 0 spiro atoms. The van der Waals surface area contributed by atoms with Crippen molar-refractivity contribution < 1.29 is 26.1 Å². The molecule has 1 unspecified atom stereocenters. The Bertz CT molecular complexity index is 1350. The lowest BCUT2D eigenvalue weighted by molar-refractivity contribution is -0.183. The van der Waals surface area contributed by atoms with Crippen LogP contribution in [0.3, 0.4) is 0 Å². The average Bonchev–Trinajstić information content (AvgIpc) is 3.17. The van der Waals surface area contributed by atoms with E-state index in [9.17, 15) is 21.6 Å². The lowest BCUT2D eigenvalue weighted by atomic mass is 9.76. The molecule has 33 heavy (non-hydrogen) atoms. The van der Waals surface area contributed by atoms with Crippen LogP contribution in [-0.2, 0) is 22.0 Å². The van der Waals surface area contributed by atoms with Gasteiger partial charge in [0.1, 0.15) is 5.41 Å². The molecule has 0 fully saturated rings. The summed E-state index contributed by atoms with van der Waals surface area (Å²) in [5, 5.41) is 1.58. The molecule has 0 amide bonds. The number of hydrogen-bond acceptors (Lipinski definition) is 3. The number of aryl methyl sites for hydroxylation is 1. The molecule has 0 saturated heterocycles. The summed E-state index contributed by atoms with van der Waals surface area (Å²) in [6.45, 7) is -0.499. The second-order valence-electron chi connectivity index (χ2n) is 8.03. The summed E-state index contributed by atoms with van der Waals surface area (Å²) in [7, 11) is -4.16. The number of rotatable bonds is 5. The third-order valence-electron chi connectivity index (χ3n) is 5.92. The van der Waals surface area contributed by atoms with Crippen LogP contribution >= 0.6 is 23.2 Å². The normalized spacial score (nSPS) is 19.2. The zero-order valence-electron chi connectivity index (χ0n) is 17.0. The van der Waals surface area contributed by atoms with E-state index >= 15 is 0 Å². The minimum Gasteiger partial charge on any atom is -0.288 e. The fourth-order valence-corrected chi connectivity index (χ4v) is 5.26. The van der Waals surface area contributed by atoms with E-state index < -0.39 is 34.0 Å². The van der Waals surface area contributed by atoms with Crippen LogP contribution in [-0.4, -0.2) is 37.2 Å². The van der Waals surface area contributed by atoms with E-state index in [4.69, 9.17) is 27.8 Å². The molecular weight excluding hydrogens is 498 g/mol. The number of alkyl halides is 3. The Hall–Kier alpha value is -2.13. The van der Waals surface area contributed by atoms with Crippen molar-refractivity contribution in [2.75, 3.05) is 12.3 Å². The minimum absolute atomic E-state index is 0.0414. The van der Waals surface area contributed by atoms with Gasteiger partial charge in [-0.25, -0.2) is 0 Å². The molecule has 4 rings (SSSR count). The molecule has 0 aliphatic carbocycles. The molecule has 1 aliphatic rings. The molecular formula is C23H18Cl2F3NO3S. The van der Waals surface area contributed by atoms with Crippen LogP contribution in [0.4, 0.5) is 13.2 Å². The van der Waals surface area contributed by atoms with Gasteiger partial charge >= 0.3 is 6.18 Å². The van der Waals surface area contributed by atoms with Crippen LogP contribution in [0.2, 0.25) is 10.0 Å². The zero-order chi connectivity index (χ0) is 24.0. The summed E-state index contributed by atoms with van der Waals surface area (Å²) in [5.41, 5.74) is -0.808. The maximum atomic E-state index is 14.4. The Morgan fingerprint density at radius 3 is 2.24 bits per heavy atom. The molecule has 1 atom stereocenters. The monoisotopic (exact) mass is 515 g/mol. The average molecular weight is 516 g/mol. The summed E-state index contributed by atoms with van der Waals surface area (Å²) in [4.78, 5) is 4.30. The quantitative estimate of drug-likeness (QED) is 0.407. The standard InChI is InChI=1S/C23H18Cl2F3NO3S/c24-16-9-15(10-17(25)11-16)22(23(26,27)28)12-21(29-13-22)20-6-5-14(7-8-33(30,31)32)18-3-1-2-4-19(18)20/h1-6,9-11H,7-8,12-13H2,(H,30,31,32). The Kier molecular flexibility index (Phi) is 6.24. The first kappa shape index (κ1) is 24.0. The predicted octanol–water partition coefficient (Wildman–Crippen LogP) is 6.27. The summed E-state index contributed by atoms with van der Waals surface area (Å²) in [6.07, 6.45) is -4.92. The second-order valence-corrected chi connectivity index (χ2v) is 10.5. The highest BCUT2D eigenvalue weighted by atomic mass is 35.5. The Balaban J connectivity index is 1.77. The molecule has 1 aliphatic heterocycles. The van der Waals surface area contributed by atoms with E-state index in [1.807, 2.05) is 0 Å². The van der Waals surface area contributed by atoms with E-state index in [1.54, 1.807) is 36.4 Å². The SMILES string of the molecule is O=S(=O)(O)CCc1ccc(C2=NCC(c3cc(Cl)cc(Cl)c3)(C(F)(F)F)C2)c2ccccc12. The lowest BCUT2D eigenvalue weighted by Gasteiger charge is -2.32. The van der Waals surface area contributed by atoms with Gasteiger partial charge in [0.15, 0.2) is 0 Å². The number of nitrogens with zero attached hydrogens (tertiary/aromatic N) is 1. The van der Waals surface area contributed by atoms with E-state index in [0.717, 1.165) is 0 Å². The highest BCUT2D eigenvalue weighted by Crippen LogP contribution is 2.49.